The Bertz CT molecular complexity index is 536. The number of hydrogen-bond donors (Lipinski definition) is 1. The van der Waals surface area contributed by atoms with Gasteiger partial charge >= 0.3 is 0 Å². The van der Waals surface area contributed by atoms with Gasteiger partial charge in [0.15, 0.2) is 0 Å². The van der Waals surface area contributed by atoms with Crippen molar-refractivity contribution in [2.45, 2.75) is 13.0 Å². The van der Waals surface area contributed by atoms with Crippen LogP contribution in [0.4, 0.5) is 15.8 Å². The van der Waals surface area contributed by atoms with Gasteiger partial charge in [-0.25, -0.2) is 4.39 Å². The van der Waals surface area contributed by atoms with Crippen molar-refractivity contribution in [2.75, 3.05) is 26.5 Å². The lowest BCUT2D eigenvalue weighted by atomic mass is 10.1. The fourth-order valence-electron chi connectivity index (χ4n) is 1.69. The third-order valence-corrected chi connectivity index (χ3v) is 2.97. The van der Waals surface area contributed by atoms with E-state index >= 15 is 0 Å². The van der Waals surface area contributed by atoms with Crippen molar-refractivity contribution in [3.8, 4) is 0 Å². The van der Waals surface area contributed by atoms with Crippen LogP contribution in [0.15, 0.2) is 12.1 Å². The highest BCUT2D eigenvalue weighted by Crippen LogP contribution is 2.28. The zero-order valence-corrected chi connectivity index (χ0v) is 11.4. The number of anilines is 1. The predicted octanol–water partition coefficient (Wildman–Crippen LogP) is 1.42. The Morgan fingerprint density at radius 1 is 1.60 bits per heavy atom. The minimum absolute atomic E-state index is 0.249. The molecular weight excluding hydrogens is 269 g/mol. The van der Waals surface area contributed by atoms with Crippen molar-refractivity contribution < 1.29 is 18.8 Å². The molecule has 0 spiro atoms. The number of carbonyl (C=O) groups is 1. The van der Waals surface area contributed by atoms with Crippen LogP contribution in [0.2, 0.25) is 0 Å². The van der Waals surface area contributed by atoms with Gasteiger partial charge in [-0.2, -0.15) is 0 Å². The summed E-state index contributed by atoms with van der Waals surface area (Å²) < 4.78 is 18.7. The number of nitrogens with zero attached hydrogens (tertiary/aromatic N) is 2. The molecule has 110 valence electrons. The van der Waals surface area contributed by atoms with Gasteiger partial charge in [0.05, 0.1) is 17.6 Å². The fourth-order valence-corrected chi connectivity index (χ4v) is 1.69. The molecule has 2 N–H and O–H groups in total. The number of methoxy groups -OCH3 is 1. The Balaban J connectivity index is 3.22. The highest BCUT2D eigenvalue weighted by molar-refractivity contribution is 6.01. The molecule has 1 atom stereocenters. The van der Waals surface area contributed by atoms with E-state index in [1.54, 1.807) is 6.92 Å². The molecule has 1 aromatic carbocycles. The molecule has 0 bridgehead atoms. The Morgan fingerprint density at radius 3 is 2.70 bits per heavy atom. The quantitative estimate of drug-likeness (QED) is 0.501. The number of ether oxygens (including phenoxy) is 1. The van der Waals surface area contributed by atoms with Gasteiger partial charge in [-0.1, -0.05) is 0 Å². The standard InChI is InChI=1S/C12H16FN3O4/c1-7(6-20-3)15(2)12(17)10-8(13)4-5-9(11(10)14)16(18)19/h4-5,7H,6,14H2,1-3H3. The number of benzene rings is 1. The number of rotatable bonds is 5. The molecule has 0 radical (unpaired) electrons. The van der Waals surface area contributed by atoms with E-state index in [9.17, 15) is 19.3 Å². The lowest BCUT2D eigenvalue weighted by Gasteiger charge is -2.25. The van der Waals surface area contributed by atoms with Crippen LogP contribution in [0.3, 0.4) is 0 Å². The molecule has 0 fully saturated rings. The number of nitrogen functional groups attached to an aromatic ring is 1. The summed E-state index contributed by atoms with van der Waals surface area (Å²) in [5.41, 5.74) is 4.07. The molecule has 0 heterocycles. The molecule has 0 aromatic heterocycles. The predicted molar refractivity (Wildman–Crippen MR) is 70.9 cm³/mol. The summed E-state index contributed by atoms with van der Waals surface area (Å²) in [6.07, 6.45) is 0. The molecule has 0 aliphatic rings. The summed E-state index contributed by atoms with van der Waals surface area (Å²) in [6.45, 7) is 1.95. The highest BCUT2D eigenvalue weighted by atomic mass is 19.1. The Kier molecular flexibility index (Phi) is 4.98. The van der Waals surface area contributed by atoms with Gasteiger partial charge in [-0.05, 0) is 13.0 Å². The monoisotopic (exact) mass is 285 g/mol. The molecule has 7 nitrogen and oxygen atoms in total. The molecule has 0 aliphatic heterocycles. The van der Waals surface area contributed by atoms with E-state index in [2.05, 4.69) is 0 Å². The lowest BCUT2D eigenvalue weighted by molar-refractivity contribution is -0.384. The van der Waals surface area contributed by atoms with E-state index in [0.717, 1.165) is 12.1 Å². The molecule has 20 heavy (non-hydrogen) atoms. The topological polar surface area (TPSA) is 98.7 Å². The van der Waals surface area contributed by atoms with Crippen molar-refractivity contribution >= 4 is 17.3 Å². The summed E-state index contributed by atoms with van der Waals surface area (Å²) in [7, 11) is 2.92. The van der Waals surface area contributed by atoms with E-state index in [1.165, 1.54) is 19.1 Å². The first-order valence-electron chi connectivity index (χ1n) is 5.79. The number of likely N-dealkylation sites (N-methyl/N-ethyl adjacent to an activating group) is 1. The summed E-state index contributed by atoms with van der Waals surface area (Å²) in [6, 6.07) is 1.46. The fraction of sp³-hybridized carbons (Fsp3) is 0.417. The van der Waals surface area contributed by atoms with Crippen molar-refractivity contribution in [3.63, 3.8) is 0 Å². The third-order valence-electron chi connectivity index (χ3n) is 2.97. The van der Waals surface area contributed by atoms with Crippen LogP contribution in [-0.4, -0.2) is 42.5 Å². The molecule has 1 aromatic rings. The van der Waals surface area contributed by atoms with Crippen molar-refractivity contribution in [2.24, 2.45) is 0 Å². The second-order valence-electron chi connectivity index (χ2n) is 4.33. The molecular formula is C12H16FN3O4. The van der Waals surface area contributed by atoms with E-state index in [-0.39, 0.29) is 12.6 Å². The van der Waals surface area contributed by atoms with Crippen LogP contribution in [-0.2, 0) is 4.74 Å². The molecule has 1 unspecified atom stereocenters. The Morgan fingerprint density at radius 2 is 2.20 bits per heavy atom. The van der Waals surface area contributed by atoms with Gasteiger partial charge in [0, 0.05) is 20.2 Å². The molecule has 0 saturated heterocycles. The number of nitro groups is 1. The third kappa shape index (κ3) is 3.02. The minimum atomic E-state index is -0.894. The van der Waals surface area contributed by atoms with Crippen LogP contribution < -0.4 is 5.73 Å². The SMILES string of the molecule is COCC(C)N(C)C(=O)c1c(F)ccc([N+](=O)[O-])c1N. The van der Waals surface area contributed by atoms with Gasteiger partial charge in [0.25, 0.3) is 11.6 Å². The maximum atomic E-state index is 13.8. The average Bonchev–Trinajstić information content (AvgIpc) is 2.37. The Labute approximate surface area is 115 Å². The molecule has 1 amide bonds. The number of carbonyl (C=O) groups excluding carboxylic acids is 1. The average molecular weight is 285 g/mol. The lowest BCUT2D eigenvalue weighted by Crippen LogP contribution is -2.38. The zero-order chi connectivity index (χ0) is 15.4. The first-order valence-corrected chi connectivity index (χ1v) is 5.79. The van der Waals surface area contributed by atoms with E-state index in [4.69, 9.17) is 10.5 Å². The number of halogens is 1. The Hall–Kier alpha value is -2.22. The van der Waals surface area contributed by atoms with E-state index in [0.29, 0.717) is 0 Å². The number of hydrogen-bond acceptors (Lipinski definition) is 5. The maximum Gasteiger partial charge on any atom is 0.293 e. The summed E-state index contributed by atoms with van der Waals surface area (Å²) >= 11 is 0. The number of amides is 1. The van der Waals surface area contributed by atoms with Gasteiger partial charge in [-0.3, -0.25) is 14.9 Å². The molecule has 1 rings (SSSR count). The van der Waals surface area contributed by atoms with E-state index < -0.39 is 33.6 Å². The summed E-state index contributed by atoms with van der Waals surface area (Å²) in [5.74, 6) is -1.62. The van der Waals surface area contributed by atoms with Crippen molar-refractivity contribution in [1.29, 1.82) is 0 Å². The van der Waals surface area contributed by atoms with Crippen LogP contribution >= 0.6 is 0 Å². The smallest absolute Gasteiger partial charge is 0.293 e. The second kappa shape index (κ2) is 6.29. The van der Waals surface area contributed by atoms with Crippen LogP contribution in [0.25, 0.3) is 0 Å². The van der Waals surface area contributed by atoms with Crippen molar-refractivity contribution in [1.82, 2.24) is 4.90 Å². The van der Waals surface area contributed by atoms with Gasteiger partial charge in [0.2, 0.25) is 0 Å². The maximum absolute atomic E-state index is 13.8. The highest BCUT2D eigenvalue weighted by Gasteiger charge is 2.27. The summed E-state index contributed by atoms with van der Waals surface area (Å²) in [5, 5.41) is 10.8. The minimum Gasteiger partial charge on any atom is -0.392 e. The number of nitrogens with two attached hydrogens (primary N) is 1. The first kappa shape index (κ1) is 15.8. The van der Waals surface area contributed by atoms with Gasteiger partial charge < -0.3 is 15.4 Å². The van der Waals surface area contributed by atoms with Crippen LogP contribution in [0.5, 0.6) is 0 Å². The largest absolute Gasteiger partial charge is 0.392 e. The molecule has 0 saturated carbocycles. The molecule has 8 heteroatoms. The van der Waals surface area contributed by atoms with E-state index in [1.807, 2.05) is 0 Å². The molecule has 0 aliphatic carbocycles. The van der Waals surface area contributed by atoms with Crippen LogP contribution in [0.1, 0.15) is 17.3 Å². The van der Waals surface area contributed by atoms with Gasteiger partial charge in [-0.15, -0.1) is 0 Å². The van der Waals surface area contributed by atoms with Gasteiger partial charge in [0.1, 0.15) is 17.1 Å². The second-order valence-corrected chi connectivity index (χ2v) is 4.33. The first-order chi connectivity index (χ1) is 9.31. The number of nitro benzene ring substituents is 1. The summed E-state index contributed by atoms with van der Waals surface area (Å²) in [4.78, 5) is 23.4. The van der Waals surface area contributed by atoms with Crippen LogP contribution in [0, 0.1) is 15.9 Å². The normalized spacial score (nSPS) is 12.0. The zero-order valence-electron chi connectivity index (χ0n) is 11.4. The van der Waals surface area contributed by atoms with Crippen molar-refractivity contribution in [3.05, 3.63) is 33.6 Å².